The minimum atomic E-state index is 0. The lowest BCUT2D eigenvalue weighted by Crippen LogP contribution is -2.44. The van der Waals surface area contributed by atoms with Crippen molar-refractivity contribution in [1.82, 2.24) is 10.2 Å². The van der Waals surface area contributed by atoms with E-state index in [9.17, 15) is 4.79 Å². The number of hydrogen-bond acceptors (Lipinski definition) is 3. The SMILES string of the molecule is C=CCN1CCC(NC(=O)c2ccc(CN)cc2)CC1.Cl. The highest BCUT2D eigenvalue weighted by atomic mass is 35.5. The maximum Gasteiger partial charge on any atom is 0.251 e. The standard InChI is InChI=1S/C16H23N3O.ClH/c1-2-9-19-10-7-15(8-11-19)18-16(20)14-5-3-13(12-17)4-6-14;/h2-6,15H,1,7-12,17H2,(H,18,20);1H. The lowest BCUT2D eigenvalue weighted by Gasteiger charge is -2.31. The zero-order valence-electron chi connectivity index (χ0n) is 12.3. The summed E-state index contributed by atoms with van der Waals surface area (Å²) in [5.41, 5.74) is 7.30. The number of carbonyl (C=O) groups excluding carboxylic acids is 1. The van der Waals surface area contributed by atoms with E-state index in [2.05, 4.69) is 16.8 Å². The van der Waals surface area contributed by atoms with Crippen LogP contribution in [0, 0.1) is 0 Å². The maximum atomic E-state index is 12.1. The van der Waals surface area contributed by atoms with Gasteiger partial charge in [-0.25, -0.2) is 0 Å². The molecule has 0 saturated carbocycles. The van der Waals surface area contributed by atoms with E-state index in [0.29, 0.717) is 12.1 Å². The molecule has 5 heteroatoms. The highest BCUT2D eigenvalue weighted by Gasteiger charge is 2.20. The molecular weight excluding hydrogens is 286 g/mol. The Morgan fingerprint density at radius 3 is 2.48 bits per heavy atom. The molecule has 1 fully saturated rings. The summed E-state index contributed by atoms with van der Waals surface area (Å²) in [5, 5.41) is 3.11. The summed E-state index contributed by atoms with van der Waals surface area (Å²) in [6, 6.07) is 7.76. The number of nitrogens with two attached hydrogens (primary N) is 1. The number of carbonyl (C=O) groups is 1. The zero-order valence-corrected chi connectivity index (χ0v) is 13.1. The minimum absolute atomic E-state index is 0. The first-order valence-corrected chi connectivity index (χ1v) is 7.16. The van der Waals surface area contributed by atoms with E-state index in [1.54, 1.807) is 0 Å². The summed E-state index contributed by atoms with van der Waals surface area (Å²) in [6.07, 6.45) is 3.93. The van der Waals surface area contributed by atoms with Crippen LogP contribution in [-0.2, 0) is 6.54 Å². The molecule has 1 aliphatic heterocycles. The van der Waals surface area contributed by atoms with Crippen molar-refractivity contribution in [2.24, 2.45) is 5.73 Å². The molecule has 3 N–H and O–H groups in total. The van der Waals surface area contributed by atoms with Crippen LogP contribution in [0.3, 0.4) is 0 Å². The largest absolute Gasteiger partial charge is 0.349 e. The Morgan fingerprint density at radius 2 is 1.95 bits per heavy atom. The lowest BCUT2D eigenvalue weighted by atomic mass is 10.0. The van der Waals surface area contributed by atoms with E-state index in [1.807, 2.05) is 30.3 Å². The van der Waals surface area contributed by atoms with Crippen LogP contribution in [0.4, 0.5) is 0 Å². The van der Waals surface area contributed by atoms with Gasteiger partial charge in [0.25, 0.3) is 5.91 Å². The number of benzene rings is 1. The summed E-state index contributed by atoms with van der Waals surface area (Å²) in [7, 11) is 0. The van der Waals surface area contributed by atoms with Crippen molar-refractivity contribution in [2.75, 3.05) is 19.6 Å². The molecule has 1 aromatic rings. The molecule has 21 heavy (non-hydrogen) atoms. The molecule has 116 valence electrons. The lowest BCUT2D eigenvalue weighted by molar-refractivity contribution is 0.0914. The van der Waals surface area contributed by atoms with Crippen molar-refractivity contribution in [1.29, 1.82) is 0 Å². The fraction of sp³-hybridized carbons (Fsp3) is 0.438. The predicted molar refractivity (Wildman–Crippen MR) is 88.7 cm³/mol. The molecule has 0 bridgehead atoms. The number of amides is 1. The van der Waals surface area contributed by atoms with E-state index in [1.165, 1.54) is 0 Å². The normalized spacial score (nSPS) is 16.0. The first kappa shape index (κ1) is 17.7. The molecule has 0 atom stereocenters. The average Bonchev–Trinajstić information content (AvgIpc) is 2.49. The van der Waals surface area contributed by atoms with Gasteiger partial charge >= 0.3 is 0 Å². The first-order valence-electron chi connectivity index (χ1n) is 7.16. The molecular formula is C16H24ClN3O. The number of piperidine rings is 1. The van der Waals surface area contributed by atoms with Crippen molar-refractivity contribution in [2.45, 2.75) is 25.4 Å². The molecule has 1 aromatic carbocycles. The summed E-state index contributed by atoms with van der Waals surface area (Å²) in [4.78, 5) is 14.5. The Kier molecular flexibility index (Phi) is 7.43. The third-order valence-corrected chi connectivity index (χ3v) is 3.76. The van der Waals surface area contributed by atoms with Crippen LogP contribution in [0.5, 0.6) is 0 Å². The molecule has 2 rings (SSSR count). The fourth-order valence-electron chi connectivity index (χ4n) is 2.50. The molecule has 1 saturated heterocycles. The van der Waals surface area contributed by atoms with Crippen LogP contribution in [0.25, 0.3) is 0 Å². The van der Waals surface area contributed by atoms with Crippen molar-refractivity contribution < 1.29 is 4.79 Å². The van der Waals surface area contributed by atoms with Gasteiger partial charge in [0.05, 0.1) is 0 Å². The molecule has 0 radical (unpaired) electrons. The minimum Gasteiger partial charge on any atom is -0.349 e. The van der Waals surface area contributed by atoms with E-state index in [4.69, 9.17) is 5.73 Å². The molecule has 4 nitrogen and oxygen atoms in total. The van der Waals surface area contributed by atoms with Gasteiger partial charge in [-0.3, -0.25) is 9.69 Å². The van der Waals surface area contributed by atoms with Crippen molar-refractivity contribution in [3.05, 3.63) is 48.0 Å². The number of likely N-dealkylation sites (tertiary alicyclic amines) is 1. The molecule has 1 aliphatic rings. The monoisotopic (exact) mass is 309 g/mol. The first-order chi connectivity index (χ1) is 9.72. The number of nitrogens with zero attached hydrogens (tertiary/aromatic N) is 1. The number of nitrogens with one attached hydrogen (secondary N) is 1. The maximum absolute atomic E-state index is 12.1. The van der Waals surface area contributed by atoms with Gasteiger partial charge < -0.3 is 11.1 Å². The zero-order chi connectivity index (χ0) is 14.4. The molecule has 0 aromatic heterocycles. The smallest absolute Gasteiger partial charge is 0.251 e. The van der Waals surface area contributed by atoms with Gasteiger partial charge in [-0.2, -0.15) is 0 Å². The van der Waals surface area contributed by atoms with Gasteiger partial charge in [-0.1, -0.05) is 18.2 Å². The predicted octanol–water partition coefficient (Wildman–Crippen LogP) is 1.95. The topological polar surface area (TPSA) is 58.4 Å². The Balaban J connectivity index is 0.00000220. The average molecular weight is 310 g/mol. The summed E-state index contributed by atoms with van der Waals surface area (Å²) < 4.78 is 0. The van der Waals surface area contributed by atoms with Crippen LogP contribution in [-0.4, -0.2) is 36.5 Å². The van der Waals surface area contributed by atoms with Crippen LogP contribution in [0.2, 0.25) is 0 Å². The van der Waals surface area contributed by atoms with E-state index >= 15 is 0 Å². The second kappa shape index (κ2) is 8.82. The van der Waals surface area contributed by atoms with Crippen molar-refractivity contribution >= 4 is 18.3 Å². The summed E-state index contributed by atoms with van der Waals surface area (Å²) in [6.45, 7) is 7.22. The number of halogens is 1. The molecule has 0 unspecified atom stereocenters. The van der Waals surface area contributed by atoms with Crippen molar-refractivity contribution in [3.8, 4) is 0 Å². The highest BCUT2D eigenvalue weighted by molar-refractivity contribution is 5.94. The molecule has 1 amide bonds. The van der Waals surface area contributed by atoms with Gasteiger partial charge in [-0.15, -0.1) is 19.0 Å². The van der Waals surface area contributed by atoms with E-state index in [-0.39, 0.29) is 24.4 Å². The van der Waals surface area contributed by atoms with E-state index in [0.717, 1.165) is 38.0 Å². The molecule has 1 heterocycles. The summed E-state index contributed by atoms with van der Waals surface area (Å²) in [5.74, 6) is 0.00995. The molecule has 0 spiro atoms. The van der Waals surface area contributed by atoms with Crippen LogP contribution in [0.1, 0.15) is 28.8 Å². The second-order valence-corrected chi connectivity index (χ2v) is 5.24. The third kappa shape index (κ3) is 5.16. The van der Waals surface area contributed by atoms with Gasteiger partial charge in [0.1, 0.15) is 0 Å². The Morgan fingerprint density at radius 1 is 1.33 bits per heavy atom. The van der Waals surface area contributed by atoms with Gasteiger partial charge in [0.15, 0.2) is 0 Å². The van der Waals surface area contributed by atoms with E-state index < -0.39 is 0 Å². The Labute approximate surface area is 132 Å². The van der Waals surface area contributed by atoms with Gasteiger partial charge in [-0.05, 0) is 30.5 Å². The van der Waals surface area contributed by atoms with Gasteiger partial charge in [0.2, 0.25) is 0 Å². The second-order valence-electron chi connectivity index (χ2n) is 5.24. The third-order valence-electron chi connectivity index (χ3n) is 3.76. The van der Waals surface area contributed by atoms with Crippen LogP contribution in [0.15, 0.2) is 36.9 Å². The van der Waals surface area contributed by atoms with Gasteiger partial charge in [0, 0.05) is 37.8 Å². The Bertz CT molecular complexity index is 453. The number of hydrogen-bond donors (Lipinski definition) is 2. The van der Waals surface area contributed by atoms with Crippen molar-refractivity contribution in [3.63, 3.8) is 0 Å². The Hall–Kier alpha value is -1.36. The van der Waals surface area contributed by atoms with Crippen LogP contribution < -0.4 is 11.1 Å². The summed E-state index contributed by atoms with van der Waals surface area (Å²) >= 11 is 0. The highest BCUT2D eigenvalue weighted by Crippen LogP contribution is 2.11. The fourth-order valence-corrected chi connectivity index (χ4v) is 2.50. The molecule has 0 aliphatic carbocycles. The number of rotatable bonds is 5. The van der Waals surface area contributed by atoms with Crippen LogP contribution >= 0.6 is 12.4 Å². The quantitative estimate of drug-likeness (QED) is 0.817.